The molecule has 0 saturated carbocycles. The number of hydrogen-bond acceptors (Lipinski definition) is 3. The van der Waals surface area contributed by atoms with Crippen LogP contribution in [0.1, 0.15) is 26.6 Å². The van der Waals surface area contributed by atoms with E-state index >= 15 is 0 Å². The summed E-state index contributed by atoms with van der Waals surface area (Å²) in [5, 5.41) is 3.39. The van der Waals surface area contributed by atoms with Gasteiger partial charge in [0.1, 0.15) is 5.82 Å². The molecule has 1 heterocycles. The van der Waals surface area contributed by atoms with Crippen LogP contribution in [-0.2, 0) is 17.8 Å². The van der Waals surface area contributed by atoms with Crippen LogP contribution in [-0.4, -0.2) is 28.8 Å². The summed E-state index contributed by atoms with van der Waals surface area (Å²) in [6.07, 6.45) is 3.85. The highest BCUT2D eigenvalue weighted by molar-refractivity contribution is 4.91. The fraction of sp³-hybridized carbons (Fsp3) is 0.727. The number of aromatic nitrogens is 2. The molecule has 0 saturated heterocycles. The number of hydrogen-bond donors (Lipinski definition) is 1. The highest BCUT2D eigenvalue weighted by Crippen LogP contribution is 1.97. The lowest BCUT2D eigenvalue weighted by Gasteiger charge is -2.13. The lowest BCUT2D eigenvalue weighted by molar-refractivity contribution is 0.126. The average Bonchev–Trinajstić information content (AvgIpc) is 2.70. The Morgan fingerprint density at radius 1 is 1.53 bits per heavy atom. The second-order valence-electron chi connectivity index (χ2n) is 3.57. The topological polar surface area (TPSA) is 39.1 Å². The van der Waals surface area contributed by atoms with Crippen LogP contribution in [0, 0.1) is 0 Å². The van der Waals surface area contributed by atoms with Crippen LogP contribution in [0.25, 0.3) is 0 Å². The molecular formula is C11H21N3O. The van der Waals surface area contributed by atoms with Crippen LogP contribution in [0.3, 0.4) is 0 Å². The Hall–Kier alpha value is -0.870. The Labute approximate surface area is 91.7 Å². The molecule has 15 heavy (non-hydrogen) atoms. The molecule has 0 radical (unpaired) electrons. The van der Waals surface area contributed by atoms with Crippen LogP contribution < -0.4 is 5.32 Å². The molecule has 0 aliphatic heterocycles. The van der Waals surface area contributed by atoms with E-state index in [-0.39, 0.29) is 0 Å². The SMILES string of the molecule is CCOCC(C)NCc1nccn1CC. The lowest BCUT2D eigenvalue weighted by Crippen LogP contribution is -2.31. The van der Waals surface area contributed by atoms with Crippen molar-refractivity contribution in [2.45, 2.75) is 39.9 Å². The standard InChI is InChI=1S/C11H21N3O/c1-4-14-7-6-12-11(14)8-13-10(3)9-15-5-2/h6-7,10,13H,4-5,8-9H2,1-3H3. The van der Waals surface area contributed by atoms with Gasteiger partial charge < -0.3 is 14.6 Å². The van der Waals surface area contributed by atoms with Gasteiger partial charge in [-0.25, -0.2) is 4.98 Å². The lowest BCUT2D eigenvalue weighted by atomic mass is 10.3. The van der Waals surface area contributed by atoms with Crippen LogP contribution >= 0.6 is 0 Å². The van der Waals surface area contributed by atoms with Gasteiger partial charge in [0.2, 0.25) is 0 Å². The van der Waals surface area contributed by atoms with Crippen molar-refractivity contribution in [1.29, 1.82) is 0 Å². The zero-order valence-electron chi connectivity index (χ0n) is 9.86. The zero-order valence-corrected chi connectivity index (χ0v) is 9.86. The smallest absolute Gasteiger partial charge is 0.122 e. The maximum atomic E-state index is 5.33. The van der Waals surface area contributed by atoms with E-state index in [1.165, 1.54) is 0 Å². The molecule has 1 N–H and O–H groups in total. The summed E-state index contributed by atoms with van der Waals surface area (Å²) in [6.45, 7) is 9.55. The maximum Gasteiger partial charge on any atom is 0.122 e. The van der Waals surface area contributed by atoms with Crippen LogP contribution in [0.5, 0.6) is 0 Å². The van der Waals surface area contributed by atoms with E-state index in [9.17, 15) is 0 Å². The summed E-state index contributed by atoms with van der Waals surface area (Å²) < 4.78 is 7.47. The summed E-state index contributed by atoms with van der Waals surface area (Å²) in [4.78, 5) is 4.30. The van der Waals surface area contributed by atoms with Crippen LogP contribution in [0.15, 0.2) is 12.4 Å². The minimum atomic E-state index is 0.368. The van der Waals surface area contributed by atoms with Crippen molar-refractivity contribution >= 4 is 0 Å². The number of imidazole rings is 1. The quantitative estimate of drug-likeness (QED) is 0.741. The number of rotatable bonds is 7. The minimum Gasteiger partial charge on any atom is -0.380 e. The van der Waals surface area contributed by atoms with Gasteiger partial charge in [0.15, 0.2) is 0 Å². The molecule has 0 aliphatic rings. The van der Waals surface area contributed by atoms with Crippen LogP contribution in [0.4, 0.5) is 0 Å². The molecule has 0 amide bonds. The summed E-state index contributed by atoms with van der Waals surface area (Å²) in [5.41, 5.74) is 0. The predicted octanol–water partition coefficient (Wildman–Crippen LogP) is 1.42. The van der Waals surface area contributed by atoms with Crippen molar-refractivity contribution in [2.75, 3.05) is 13.2 Å². The molecular weight excluding hydrogens is 190 g/mol. The fourth-order valence-corrected chi connectivity index (χ4v) is 1.41. The van der Waals surface area contributed by atoms with E-state index in [4.69, 9.17) is 4.74 Å². The molecule has 0 bridgehead atoms. The van der Waals surface area contributed by atoms with Crippen molar-refractivity contribution < 1.29 is 4.74 Å². The molecule has 1 rings (SSSR count). The highest BCUT2D eigenvalue weighted by atomic mass is 16.5. The van der Waals surface area contributed by atoms with E-state index in [1.807, 2.05) is 19.3 Å². The third kappa shape index (κ3) is 4.01. The van der Waals surface area contributed by atoms with Gasteiger partial charge in [-0.05, 0) is 20.8 Å². The first-order chi connectivity index (χ1) is 7.27. The summed E-state index contributed by atoms with van der Waals surface area (Å²) in [5.74, 6) is 1.08. The molecule has 0 fully saturated rings. The minimum absolute atomic E-state index is 0.368. The van der Waals surface area contributed by atoms with E-state index in [1.54, 1.807) is 0 Å². The second-order valence-corrected chi connectivity index (χ2v) is 3.57. The first-order valence-corrected chi connectivity index (χ1v) is 5.59. The third-order valence-corrected chi connectivity index (χ3v) is 2.32. The van der Waals surface area contributed by atoms with Gasteiger partial charge >= 0.3 is 0 Å². The molecule has 0 aromatic carbocycles. The van der Waals surface area contributed by atoms with E-state index < -0.39 is 0 Å². The Morgan fingerprint density at radius 2 is 2.33 bits per heavy atom. The van der Waals surface area contributed by atoms with E-state index in [0.29, 0.717) is 6.04 Å². The molecule has 1 unspecified atom stereocenters. The van der Waals surface area contributed by atoms with Crippen molar-refractivity contribution in [2.24, 2.45) is 0 Å². The average molecular weight is 211 g/mol. The Bertz CT molecular complexity index is 273. The molecule has 0 aliphatic carbocycles. The van der Waals surface area contributed by atoms with Gasteiger partial charge in [0, 0.05) is 31.6 Å². The fourth-order valence-electron chi connectivity index (χ4n) is 1.41. The largest absolute Gasteiger partial charge is 0.380 e. The van der Waals surface area contributed by atoms with Crippen molar-refractivity contribution in [1.82, 2.24) is 14.9 Å². The molecule has 1 atom stereocenters. The van der Waals surface area contributed by atoms with Gasteiger partial charge in [-0.3, -0.25) is 0 Å². The van der Waals surface area contributed by atoms with Gasteiger partial charge in [-0.15, -0.1) is 0 Å². The first-order valence-electron chi connectivity index (χ1n) is 5.59. The Morgan fingerprint density at radius 3 is 3.00 bits per heavy atom. The van der Waals surface area contributed by atoms with Crippen molar-refractivity contribution in [3.8, 4) is 0 Å². The van der Waals surface area contributed by atoms with Crippen molar-refractivity contribution in [3.05, 3.63) is 18.2 Å². The molecule has 0 spiro atoms. The van der Waals surface area contributed by atoms with Gasteiger partial charge in [-0.1, -0.05) is 0 Å². The van der Waals surface area contributed by atoms with Gasteiger partial charge in [-0.2, -0.15) is 0 Å². The summed E-state index contributed by atoms with van der Waals surface area (Å²) in [6, 6.07) is 0.368. The molecule has 4 nitrogen and oxygen atoms in total. The third-order valence-electron chi connectivity index (χ3n) is 2.32. The predicted molar refractivity (Wildman–Crippen MR) is 60.7 cm³/mol. The van der Waals surface area contributed by atoms with Crippen molar-refractivity contribution in [3.63, 3.8) is 0 Å². The number of nitrogens with one attached hydrogen (secondary N) is 1. The number of aryl methyl sites for hydroxylation is 1. The Balaban J connectivity index is 2.30. The van der Waals surface area contributed by atoms with Gasteiger partial charge in [0.05, 0.1) is 13.2 Å². The molecule has 4 heteroatoms. The number of nitrogens with zero attached hydrogens (tertiary/aromatic N) is 2. The normalized spacial score (nSPS) is 13.0. The van der Waals surface area contributed by atoms with Crippen LogP contribution in [0.2, 0.25) is 0 Å². The number of ether oxygens (including phenoxy) is 1. The summed E-state index contributed by atoms with van der Waals surface area (Å²) >= 11 is 0. The Kier molecular flexibility index (Phi) is 5.36. The molecule has 86 valence electrons. The maximum absolute atomic E-state index is 5.33. The highest BCUT2D eigenvalue weighted by Gasteiger charge is 2.04. The summed E-state index contributed by atoms with van der Waals surface area (Å²) in [7, 11) is 0. The van der Waals surface area contributed by atoms with Gasteiger partial charge in [0.25, 0.3) is 0 Å². The zero-order chi connectivity index (χ0) is 11.1. The molecule has 1 aromatic heterocycles. The van der Waals surface area contributed by atoms with E-state index in [0.717, 1.165) is 32.1 Å². The first kappa shape index (κ1) is 12.2. The molecule has 1 aromatic rings. The second kappa shape index (κ2) is 6.58. The monoisotopic (exact) mass is 211 g/mol. The van der Waals surface area contributed by atoms with E-state index in [2.05, 4.69) is 28.7 Å².